The van der Waals surface area contributed by atoms with Crippen LogP contribution >= 0.6 is 11.6 Å². The second kappa shape index (κ2) is 24.0. The minimum atomic E-state index is -0.927. The number of rotatable bonds is 23. The van der Waals surface area contributed by atoms with Gasteiger partial charge in [0.15, 0.2) is 0 Å². The number of aromatic amines is 2. The first kappa shape index (κ1) is 55.6. The average molecular weight is 1040 g/mol. The van der Waals surface area contributed by atoms with Crippen molar-refractivity contribution >= 4 is 74.3 Å². The van der Waals surface area contributed by atoms with Gasteiger partial charge in [0, 0.05) is 78.0 Å². The molecule has 2 aliphatic heterocycles. The van der Waals surface area contributed by atoms with E-state index in [1.165, 1.54) is 0 Å². The lowest BCUT2D eigenvalue weighted by Gasteiger charge is -2.31. The Morgan fingerprint density at radius 2 is 1.58 bits per heavy atom. The first-order valence-electron chi connectivity index (χ1n) is 25.5. The molecule has 18 nitrogen and oxygen atoms in total. The zero-order chi connectivity index (χ0) is 53.5. The Balaban J connectivity index is 1.04. The molecule has 7 rings (SSSR count). The SMILES string of the molecule is CC(C)[C@@H](NC(=O)C(C)(C)CCOC(C)(C)CCN)C(=O)N[C@H](C)C(=O)Nc1ccc(COc2cc3c(c4cc(C(=O)N5CCOCC5)[nH]c24)[C@H](CCl)CN3C(=O)c2cc3cc(OCCN(C)C)ccc3[nH]2)cc1. The maximum atomic E-state index is 14.5. The third-order valence-corrected chi connectivity index (χ3v) is 14.1. The van der Waals surface area contributed by atoms with Crippen LogP contribution in [0.4, 0.5) is 11.4 Å². The highest BCUT2D eigenvalue weighted by molar-refractivity contribution is 6.19. The first-order chi connectivity index (χ1) is 35.2. The summed E-state index contributed by atoms with van der Waals surface area (Å²) in [5.74, 6) is -0.735. The number of carbonyl (C=O) groups excluding carboxylic acids is 5. The zero-order valence-electron chi connectivity index (χ0n) is 44.2. The van der Waals surface area contributed by atoms with Gasteiger partial charge < -0.3 is 65.3 Å². The van der Waals surface area contributed by atoms with Crippen molar-refractivity contribution in [2.75, 3.05) is 89.3 Å². The van der Waals surface area contributed by atoms with Crippen LogP contribution in [-0.2, 0) is 30.5 Å². The molecule has 3 aromatic carbocycles. The van der Waals surface area contributed by atoms with Gasteiger partial charge in [-0.3, -0.25) is 24.0 Å². The number of hydrogen-bond donors (Lipinski definition) is 6. The maximum Gasteiger partial charge on any atom is 0.274 e. The minimum absolute atomic E-state index is 0.104. The van der Waals surface area contributed by atoms with Gasteiger partial charge in [-0.25, -0.2) is 0 Å². The predicted octanol–water partition coefficient (Wildman–Crippen LogP) is 6.77. The number of carbonyl (C=O) groups is 5. The van der Waals surface area contributed by atoms with Crippen LogP contribution in [0.25, 0.3) is 21.8 Å². The molecule has 1 fully saturated rings. The molecule has 0 spiro atoms. The summed E-state index contributed by atoms with van der Waals surface area (Å²) in [6.45, 7) is 17.2. The fourth-order valence-corrected chi connectivity index (χ4v) is 9.33. The average Bonchev–Trinajstić information content (AvgIpc) is 4.10. The van der Waals surface area contributed by atoms with Crippen molar-refractivity contribution in [1.29, 1.82) is 0 Å². The zero-order valence-corrected chi connectivity index (χ0v) is 45.0. The van der Waals surface area contributed by atoms with E-state index >= 15 is 0 Å². The van der Waals surface area contributed by atoms with Gasteiger partial charge in [-0.1, -0.05) is 39.8 Å². The normalized spacial score (nSPS) is 15.9. The van der Waals surface area contributed by atoms with E-state index in [0.29, 0.717) is 105 Å². The van der Waals surface area contributed by atoms with Gasteiger partial charge in [0.25, 0.3) is 11.8 Å². The first-order valence-corrected chi connectivity index (χ1v) is 26.0. The summed E-state index contributed by atoms with van der Waals surface area (Å²) < 4.78 is 24.0. The molecule has 19 heteroatoms. The van der Waals surface area contributed by atoms with Gasteiger partial charge in [0.2, 0.25) is 17.7 Å². The van der Waals surface area contributed by atoms with E-state index in [4.69, 9.17) is 36.3 Å². The lowest BCUT2D eigenvalue weighted by Crippen LogP contribution is -2.55. The van der Waals surface area contributed by atoms with E-state index in [2.05, 4.69) is 25.9 Å². The minimum Gasteiger partial charge on any atom is -0.492 e. The van der Waals surface area contributed by atoms with Crippen molar-refractivity contribution in [3.05, 3.63) is 83.2 Å². The number of benzene rings is 3. The molecule has 1 saturated heterocycles. The molecule has 0 bridgehead atoms. The largest absolute Gasteiger partial charge is 0.492 e. The standard InChI is InChI=1S/C55H74ClN9O9/c1-33(2)47(62-53(70)54(4,5)17-22-74-55(6,7)16-18-57)50(67)58-34(3)49(66)59-38-12-10-35(11-13-38)32-73-45-29-44-46(40-28-43(61-48(40)45)51(68)64-20-23-71-24-21-64)37(30-56)31-65(44)52(69)42-27-36-26-39(14-15-41(36)60-42)72-25-19-63(8)9/h10-15,26-29,33-34,37,47,60-61H,16-25,30-32,57H2,1-9H3,(H,58,67)(H,59,66)(H,62,70)/t34-,37-,47-/m1/s1. The Kier molecular flexibility index (Phi) is 18.0. The Hall–Kier alpha value is -6.18. The Labute approximate surface area is 438 Å². The second-order valence-corrected chi connectivity index (χ2v) is 21.5. The monoisotopic (exact) mass is 1040 g/mol. The quantitative estimate of drug-likeness (QED) is 0.0375. The van der Waals surface area contributed by atoms with Crippen LogP contribution in [0.2, 0.25) is 0 Å². The van der Waals surface area contributed by atoms with Crippen molar-refractivity contribution in [3.63, 3.8) is 0 Å². The highest BCUT2D eigenvalue weighted by atomic mass is 35.5. The number of ether oxygens (including phenoxy) is 4. The molecule has 0 aliphatic carbocycles. The van der Waals surface area contributed by atoms with Gasteiger partial charge in [-0.05, 0) is 114 Å². The molecule has 7 N–H and O–H groups in total. The van der Waals surface area contributed by atoms with Gasteiger partial charge in [0.1, 0.15) is 48.2 Å². The predicted molar refractivity (Wildman–Crippen MR) is 288 cm³/mol. The number of anilines is 2. The summed E-state index contributed by atoms with van der Waals surface area (Å²) in [7, 11) is 3.97. The number of nitrogens with one attached hydrogen (secondary N) is 5. The highest BCUT2D eigenvalue weighted by Gasteiger charge is 2.38. The molecule has 2 aromatic heterocycles. The molecule has 2 aliphatic rings. The smallest absolute Gasteiger partial charge is 0.274 e. The number of halogens is 1. The van der Waals surface area contributed by atoms with Crippen molar-refractivity contribution in [2.24, 2.45) is 17.1 Å². The van der Waals surface area contributed by atoms with Crippen LogP contribution in [0, 0.1) is 11.3 Å². The number of alkyl halides is 1. The van der Waals surface area contributed by atoms with Crippen LogP contribution in [0.15, 0.2) is 60.7 Å². The second-order valence-electron chi connectivity index (χ2n) is 21.2. The lowest BCUT2D eigenvalue weighted by atomic mass is 9.87. The van der Waals surface area contributed by atoms with E-state index in [9.17, 15) is 24.0 Å². The summed E-state index contributed by atoms with van der Waals surface area (Å²) in [5, 5.41) is 10.1. The number of nitrogens with zero attached hydrogens (tertiary/aromatic N) is 3. The molecule has 4 heterocycles. The van der Waals surface area contributed by atoms with Crippen LogP contribution in [0.5, 0.6) is 11.5 Å². The maximum absolute atomic E-state index is 14.5. The van der Waals surface area contributed by atoms with E-state index in [1.54, 1.807) is 28.9 Å². The van der Waals surface area contributed by atoms with Crippen molar-refractivity contribution in [1.82, 2.24) is 30.4 Å². The molecular weight excluding hydrogens is 966 g/mol. The number of H-pyrrole nitrogens is 2. The Morgan fingerprint density at radius 1 is 0.865 bits per heavy atom. The number of amides is 5. The van der Waals surface area contributed by atoms with Crippen molar-refractivity contribution in [3.8, 4) is 11.5 Å². The third kappa shape index (κ3) is 13.4. The van der Waals surface area contributed by atoms with E-state index in [0.717, 1.165) is 34.0 Å². The van der Waals surface area contributed by atoms with Gasteiger partial charge in [-0.2, -0.15) is 0 Å². The van der Waals surface area contributed by atoms with E-state index in [1.807, 2.05) is 109 Å². The topological polar surface area (TPSA) is 226 Å². The fraction of sp³-hybridized carbons (Fsp3) is 0.509. The van der Waals surface area contributed by atoms with E-state index < -0.39 is 34.9 Å². The Morgan fingerprint density at radius 3 is 2.26 bits per heavy atom. The number of aromatic nitrogens is 2. The third-order valence-electron chi connectivity index (χ3n) is 13.8. The molecule has 5 amide bonds. The molecular formula is C55H74ClN9O9. The van der Waals surface area contributed by atoms with Gasteiger partial charge in [-0.15, -0.1) is 11.6 Å². The number of nitrogens with two attached hydrogens (primary N) is 1. The number of morpholine rings is 1. The number of fused-ring (bicyclic) bond motifs is 4. The summed E-state index contributed by atoms with van der Waals surface area (Å²) in [6.07, 6.45) is 1.12. The fourth-order valence-electron chi connectivity index (χ4n) is 9.08. The molecule has 400 valence electrons. The Bertz CT molecular complexity index is 2800. The van der Waals surface area contributed by atoms with Gasteiger partial charge in [0.05, 0.1) is 30.0 Å². The summed E-state index contributed by atoms with van der Waals surface area (Å²) in [6, 6.07) is 16.5. The summed E-state index contributed by atoms with van der Waals surface area (Å²) >= 11 is 6.68. The molecule has 0 saturated carbocycles. The molecule has 0 unspecified atom stereocenters. The number of hydrogen-bond acceptors (Lipinski definition) is 11. The van der Waals surface area contributed by atoms with Crippen LogP contribution in [0.1, 0.15) is 99.3 Å². The summed E-state index contributed by atoms with van der Waals surface area (Å²) in [5.41, 5.74) is 9.41. The van der Waals surface area contributed by atoms with Crippen LogP contribution in [0.3, 0.4) is 0 Å². The van der Waals surface area contributed by atoms with Crippen molar-refractivity contribution < 1.29 is 42.9 Å². The molecule has 3 atom stereocenters. The van der Waals surface area contributed by atoms with Crippen molar-refractivity contribution in [2.45, 2.75) is 91.5 Å². The highest BCUT2D eigenvalue weighted by Crippen LogP contribution is 2.47. The molecule has 5 aromatic rings. The van der Waals surface area contributed by atoms with Crippen LogP contribution in [-0.4, -0.2) is 146 Å². The van der Waals surface area contributed by atoms with E-state index in [-0.39, 0.29) is 42.0 Å². The summed E-state index contributed by atoms with van der Waals surface area (Å²) in [4.78, 5) is 81.0. The molecule has 74 heavy (non-hydrogen) atoms. The van der Waals surface area contributed by atoms with Gasteiger partial charge >= 0.3 is 0 Å². The molecule has 0 radical (unpaired) electrons. The van der Waals surface area contributed by atoms with Crippen LogP contribution < -0.4 is 36.1 Å². The number of likely N-dealkylation sites (N-methyl/N-ethyl adjacent to an activating group) is 1. The lowest BCUT2D eigenvalue weighted by molar-refractivity contribution is -0.137.